The summed E-state index contributed by atoms with van der Waals surface area (Å²) >= 11 is 1.51. The summed E-state index contributed by atoms with van der Waals surface area (Å²) in [4.78, 5) is 11.7. The van der Waals surface area contributed by atoms with Crippen molar-refractivity contribution in [3.8, 4) is 0 Å². The number of carboxylic acids is 1. The molecule has 2 aromatic rings. The van der Waals surface area contributed by atoms with E-state index in [0.717, 1.165) is 10.6 Å². The molecule has 0 spiro atoms. The lowest BCUT2D eigenvalue weighted by atomic mass is 10.2. The molecule has 0 aliphatic rings. The Balaban J connectivity index is 1.97. The van der Waals surface area contributed by atoms with Crippen LogP contribution >= 0.6 is 11.8 Å². The van der Waals surface area contributed by atoms with Crippen LogP contribution in [0.1, 0.15) is 21.8 Å². The lowest BCUT2D eigenvalue weighted by molar-refractivity contribution is 0.0696. The molecule has 0 aliphatic heterocycles. The molecule has 2 rings (SSSR count). The molecule has 0 atom stereocenters. The van der Waals surface area contributed by atoms with Crippen molar-refractivity contribution in [3.63, 3.8) is 0 Å². The van der Waals surface area contributed by atoms with Crippen molar-refractivity contribution in [1.82, 2.24) is 5.16 Å². The number of nitrogens with zero attached hydrogens (tertiary/aromatic N) is 1. The van der Waals surface area contributed by atoms with Crippen molar-refractivity contribution in [1.29, 1.82) is 0 Å². The molecule has 6 heteroatoms. The largest absolute Gasteiger partial charge is 0.478 e. The second-order valence-corrected chi connectivity index (χ2v) is 4.89. The topological polar surface area (TPSA) is 72.6 Å². The van der Waals surface area contributed by atoms with E-state index in [1.165, 1.54) is 11.8 Å². The van der Waals surface area contributed by atoms with Gasteiger partial charge in [0, 0.05) is 23.8 Å². The number of aromatic nitrogens is 1. The van der Waals surface area contributed by atoms with Gasteiger partial charge in [-0.1, -0.05) is 11.2 Å². The summed E-state index contributed by atoms with van der Waals surface area (Å²) in [5.41, 5.74) is 1.09. The first-order valence-electron chi connectivity index (χ1n) is 5.58. The maximum absolute atomic E-state index is 10.9. The normalized spacial score (nSPS) is 10.6. The molecule has 0 bridgehead atoms. The summed E-state index contributed by atoms with van der Waals surface area (Å²) in [6.07, 6.45) is 0. The van der Waals surface area contributed by atoms with E-state index in [4.69, 9.17) is 14.4 Å². The maximum atomic E-state index is 10.9. The Bertz CT molecular complexity index is 567. The number of ether oxygens (including phenoxy) is 1. The number of carboxylic acid groups (broad SMARTS) is 1. The van der Waals surface area contributed by atoms with Gasteiger partial charge in [0.1, 0.15) is 6.61 Å². The molecule has 1 heterocycles. The van der Waals surface area contributed by atoms with Crippen LogP contribution in [0, 0.1) is 0 Å². The minimum absolute atomic E-state index is 0.283. The minimum atomic E-state index is -0.925. The standard InChI is InChI=1S/C13H13NO4S/c1-17-7-11-6-10(14-18-11)8-19-12-4-2-3-9(5-12)13(15)16/h2-6H,7-8H2,1H3,(H,15,16). The summed E-state index contributed by atoms with van der Waals surface area (Å²) in [7, 11) is 1.59. The molecule has 0 aliphatic carbocycles. The van der Waals surface area contributed by atoms with E-state index in [-0.39, 0.29) is 5.56 Å². The average Bonchev–Trinajstić information content (AvgIpc) is 2.85. The Morgan fingerprint density at radius 3 is 3.05 bits per heavy atom. The van der Waals surface area contributed by atoms with Gasteiger partial charge in [-0.3, -0.25) is 0 Å². The number of carbonyl (C=O) groups is 1. The van der Waals surface area contributed by atoms with Crippen molar-refractivity contribution in [2.45, 2.75) is 17.3 Å². The Labute approximate surface area is 114 Å². The van der Waals surface area contributed by atoms with Crippen molar-refractivity contribution >= 4 is 17.7 Å². The highest BCUT2D eigenvalue weighted by atomic mass is 32.2. The van der Waals surface area contributed by atoms with Crippen LogP contribution in [0.3, 0.4) is 0 Å². The van der Waals surface area contributed by atoms with Gasteiger partial charge >= 0.3 is 5.97 Å². The highest BCUT2D eigenvalue weighted by Gasteiger charge is 2.06. The number of hydrogen-bond acceptors (Lipinski definition) is 5. The Morgan fingerprint density at radius 2 is 2.32 bits per heavy atom. The summed E-state index contributed by atoms with van der Waals surface area (Å²) in [5.74, 6) is 0.375. The summed E-state index contributed by atoms with van der Waals surface area (Å²) in [5, 5.41) is 12.8. The molecule has 1 N–H and O–H groups in total. The summed E-state index contributed by atoms with van der Waals surface area (Å²) in [6, 6.07) is 8.64. The van der Waals surface area contributed by atoms with Gasteiger partial charge < -0.3 is 14.4 Å². The zero-order valence-electron chi connectivity index (χ0n) is 10.3. The molecule has 0 unspecified atom stereocenters. The highest BCUT2D eigenvalue weighted by Crippen LogP contribution is 2.23. The van der Waals surface area contributed by atoms with E-state index in [1.54, 1.807) is 25.3 Å². The molecule has 0 radical (unpaired) electrons. The molecule has 19 heavy (non-hydrogen) atoms. The summed E-state index contributed by atoms with van der Waals surface area (Å²) in [6.45, 7) is 0.395. The Hall–Kier alpha value is -1.79. The number of thioether (sulfide) groups is 1. The van der Waals surface area contributed by atoms with Crippen molar-refractivity contribution in [3.05, 3.63) is 47.3 Å². The third-order valence-electron chi connectivity index (χ3n) is 2.36. The van der Waals surface area contributed by atoms with Gasteiger partial charge in [-0.15, -0.1) is 11.8 Å². The van der Waals surface area contributed by atoms with Gasteiger partial charge in [0.25, 0.3) is 0 Å². The van der Waals surface area contributed by atoms with E-state index in [1.807, 2.05) is 12.1 Å². The first-order valence-corrected chi connectivity index (χ1v) is 6.57. The van der Waals surface area contributed by atoms with Gasteiger partial charge in [-0.2, -0.15) is 0 Å². The van der Waals surface area contributed by atoms with E-state index >= 15 is 0 Å². The van der Waals surface area contributed by atoms with Crippen LogP contribution in [-0.4, -0.2) is 23.3 Å². The lowest BCUT2D eigenvalue weighted by Gasteiger charge is -2.00. The number of benzene rings is 1. The third kappa shape index (κ3) is 3.84. The van der Waals surface area contributed by atoms with Crippen LogP contribution in [-0.2, 0) is 17.1 Å². The number of methoxy groups -OCH3 is 1. The fraction of sp³-hybridized carbons (Fsp3) is 0.231. The van der Waals surface area contributed by atoms with Gasteiger partial charge in [-0.05, 0) is 18.2 Å². The van der Waals surface area contributed by atoms with E-state index in [0.29, 0.717) is 18.1 Å². The second-order valence-electron chi connectivity index (χ2n) is 3.84. The predicted molar refractivity (Wildman–Crippen MR) is 70.2 cm³/mol. The minimum Gasteiger partial charge on any atom is -0.478 e. The molecule has 1 aromatic carbocycles. The first kappa shape index (κ1) is 13.6. The zero-order valence-corrected chi connectivity index (χ0v) is 11.1. The lowest BCUT2D eigenvalue weighted by Crippen LogP contribution is -1.95. The molecular formula is C13H13NO4S. The van der Waals surface area contributed by atoms with Gasteiger partial charge in [0.15, 0.2) is 5.76 Å². The van der Waals surface area contributed by atoms with Crippen LogP contribution in [0.25, 0.3) is 0 Å². The molecule has 0 saturated carbocycles. The Kier molecular flexibility index (Phi) is 4.59. The molecule has 0 fully saturated rings. The third-order valence-corrected chi connectivity index (χ3v) is 3.39. The quantitative estimate of drug-likeness (QED) is 0.820. The van der Waals surface area contributed by atoms with Crippen molar-refractivity contribution in [2.75, 3.05) is 7.11 Å². The molecule has 0 amide bonds. The average molecular weight is 279 g/mol. The number of hydrogen-bond donors (Lipinski definition) is 1. The molecule has 100 valence electrons. The van der Waals surface area contributed by atoms with E-state index in [2.05, 4.69) is 5.16 Å². The maximum Gasteiger partial charge on any atom is 0.335 e. The summed E-state index contributed by atoms with van der Waals surface area (Å²) < 4.78 is 10.0. The van der Waals surface area contributed by atoms with Gasteiger partial charge in [-0.25, -0.2) is 4.79 Å². The number of aromatic carboxylic acids is 1. The first-order chi connectivity index (χ1) is 9.19. The molecular weight excluding hydrogens is 266 g/mol. The van der Waals surface area contributed by atoms with Crippen LogP contribution in [0.4, 0.5) is 0 Å². The SMILES string of the molecule is COCc1cc(CSc2cccc(C(=O)O)c2)no1. The van der Waals surface area contributed by atoms with Gasteiger partial charge in [0.05, 0.1) is 11.3 Å². The monoisotopic (exact) mass is 279 g/mol. The highest BCUT2D eigenvalue weighted by molar-refractivity contribution is 7.98. The number of rotatable bonds is 6. The van der Waals surface area contributed by atoms with E-state index in [9.17, 15) is 4.79 Å². The van der Waals surface area contributed by atoms with Crippen LogP contribution < -0.4 is 0 Å². The fourth-order valence-corrected chi connectivity index (χ4v) is 2.35. The molecule has 1 aromatic heterocycles. The second kappa shape index (κ2) is 6.40. The Morgan fingerprint density at radius 1 is 1.47 bits per heavy atom. The van der Waals surface area contributed by atoms with Crippen LogP contribution in [0.5, 0.6) is 0 Å². The van der Waals surface area contributed by atoms with E-state index < -0.39 is 5.97 Å². The van der Waals surface area contributed by atoms with Crippen LogP contribution in [0.15, 0.2) is 39.8 Å². The molecule has 0 saturated heterocycles. The predicted octanol–water partition coefficient (Wildman–Crippen LogP) is 2.81. The van der Waals surface area contributed by atoms with Crippen molar-refractivity contribution < 1.29 is 19.2 Å². The smallest absolute Gasteiger partial charge is 0.335 e. The zero-order chi connectivity index (χ0) is 13.7. The molecule has 5 nitrogen and oxygen atoms in total. The van der Waals surface area contributed by atoms with Crippen molar-refractivity contribution in [2.24, 2.45) is 0 Å². The fourth-order valence-electron chi connectivity index (χ4n) is 1.51. The van der Waals surface area contributed by atoms with Gasteiger partial charge in [0.2, 0.25) is 0 Å². The van der Waals surface area contributed by atoms with Crippen LogP contribution in [0.2, 0.25) is 0 Å².